The lowest BCUT2D eigenvalue weighted by Gasteiger charge is -2.34. The van der Waals surface area contributed by atoms with E-state index in [1.54, 1.807) is 0 Å². The second kappa shape index (κ2) is 7.24. The van der Waals surface area contributed by atoms with Crippen LogP contribution in [0.3, 0.4) is 0 Å². The van der Waals surface area contributed by atoms with E-state index < -0.39 is 0 Å². The molecule has 2 aliphatic heterocycles. The molecule has 1 atom stereocenters. The Hall–Kier alpha value is -2.04. The molecule has 0 aromatic heterocycles. The van der Waals surface area contributed by atoms with Crippen LogP contribution in [-0.4, -0.2) is 53.3 Å². The number of rotatable bonds is 4. The summed E-state index contributed by atoms with van der Waals surface area (Å²) in [5, 5.41) is 3.54. The maximum Gasteiger partial charge on any atom is 0.227 e. The Morgan fingerprint density at radius 1 is 1.17 bits per heavy atom. The zero-order chi connectivity index (χ0) is 17.1. The molecule has 2 fully saturated rings. The van der Waals surface area contributed by atoms with Crippen molar-refractivity contribution in [2.45, 2.75) is 45.2 Å². The van der Waals surface area contributed by atoms with E-state index in [1.807, 2.05) is 41.8 Å². The van der Waals surface area contributed by atoms with Crippen LogP contribution in [-0.2, 0) is 9.59 Å². The molecule has 1 aromatic rings. The average Bonchev–Trinajstić information content (AvgIpc) is 2.98. The Kier molecular flexibility index (Phi) is 5.07. The number of amides is 2. The molecule has 5 heteroatoms. The van der Waals surface area contributed by atoms with Crippen LogP contribution in [0.1, 0.15) is 33.1 Å². The highest BCUT2D eigenvalue weighted by Gasteiger charge is 2.38. The zero-order valence-electron chi connectivity index (χ0n) is 14.6. The van der Waals surface area contributed by atoms with Crippen LogP contribution in [0.5, 0.6) is 0 Å². The van der Waals surface area contributed by atoms with Crippen molar-refractivity contribution in [3.05, 3.63) is 30.3 Å². The molecule has 2 amide bonds. The summed E-state index contributed by atoms with van der Waals surface area (Å²) in [4.78, 5) is 28.5. The van der Waals surface area contributed by atoms with Gasteiger partial charge in [0.25, 0.3) is 0 Å². The standard InChI is InChI=1S/C19H27N3O2/c1-14(2)22-13-15(12-18(22)23)19(24)21-10-8-17(9-11-21)20-16-6-4-3-5-7-16/h3-7,14-15,17,20H,8-13H2,1-2H3/t15-/m1/s1. The first-order chi connectivity index (χ1) is 11.5. The summed E-state index contributed by atoms with van der Waals surface area (Å²) in [6.45, 7) is 6.14. The second-order valence-corrected chi connectivity index (χ2v) is 7.15. The van der Waals surface area contributed by atoms with Crippen molar-refractivity contribution in [1.82, 2.24) is 9.80 Å². The normalized spacial score (nSPS) is 22.3. The highest BCUT2D eigenvalue weighted by molar-refractivity contribution is 5.89. The van der Waals surface area contributed by atoms with E-state index in [1.165, 1.54) is 0 Å². The van der Waals surface area contributed by atoms with Gasteiger partial charge in [-0.3, -0.25) is 9.59 Å². The summed E-state index contributed by atoms with van der Waals surface area (Å²) in [7, 11) is 0. The van der Waals surface area contributed by atoms with Gasteiger partial charge >= 0.3 is 0 Å². The number of carbonyl (C=O) groups excluding carboxylic acids is 2. The van der Waals surface area contributed by atoms with Gasteiger partial charge in [0.2, 0.25) is 11.8 Å². The fourth-order valence-corrected chi connectivity index (χ4v) is 3.67. The number of benzene rings is 1. The van der Waals surface area contributed by atoms with E-state index in [-0.39, 0.29) is 23.8 Å². The Labute approximate surface area is 144 Å². The summed E-state index contributed by atoms with van der Waals surface area (Å²) in [5.74, 6) is 0.118. The number of hydrogen-bond acceptors (Lipinski definition) is 3. The van der Waals surface area contributed by atoms with E-state index in [2.05, 4.69) is 17.4 Å². The maximum atomic E-state index is 12.7. The van der Waals surface area contributed by atoms with Gasteiger partial charge in [0, 0.05) is 43.8 Å². The van der Waals surface area contributed by atoms with Crippen molar-refractivity contribution in [3.63, 3.8) is 0 Å². The number of hydrogen-bond donors (Lipinski definition) is 1. The van der Waals surface area contributed by atoms with Crippen LogP contribution >= 0.6 is 0 Å². The van der Waals surface area contributed by atoms with E-state index in [0.29, 0.717) is 19.0 Å². The third-order valence-electron chi connectivity index (χ3n) is 5.08. The number of nitrogens with zero attached hydrogens (tertiary/aromatic N) is 2. The fraction of sp³-hybridized carbons (Fsp3) is 0.579. The highest BCUT2D eigenvalue weighted by atomic mass is 16.2. The molecule has 5 nitrogen and oxygen atoms in total. The number of likely N-dealkylation sites (tertiary alicyclic amines) is 2. The van der Waals surface area contributed by atoms with Crippen LogP contribution in [0.2, 0.25) is 0 Å². The minimum absolute atomic E-state index is 0.115. The quantitative estimate of drug-likeness (QED) is 0.922. The number of para-hydroxylation sites is 1. The summed E-state index contributed by atoms with van der Waals surface area (Å²) in [5.41, 5.74) is 1.14. The van der Waals surface area contributed by atoms with Crippen molar-refractivity contribution >= 4 is 17.5 Å². The van der Waals surface area contributed by atoms with Gasteiger partial charge in [0.05, 0.1) is 5.92 Å². The SMILES string of the molecule is CC(C)N1C[C@H](C(=O)N2CCC(Nc3ccccc3)CC2)CC1=O. The highest BCUT2D eigenvalue weighted by Crippen LogP contribution is 2.24. The molecule has 2 saturated heterocycles. The second-order valence-electron chi connectivity index (χ2n) is 7.15. The van der Waals surface area contributed by atoms with Crippen LogP contribution in [0.4, 0.5) is 5.69 Å². The molecule has 130 valence electrons. The fourth-order valence-electron chi connectivity index (χ4n) is 3.67. The predicted molar refractivity (Wildman–Crippen MR) is 94.6 cm³/mol. The maximum absolute atomic E-state index is 12.7. The molecule has 1 N–H and O–H groups in total. The van der Waals surface area contributed by atoms with Gasteiger partial charge in [-0.1, -0.05) is 18.2 Å². The first-order valence-corrected chi connectivity index (χ1v) is 8.94. The van der Waals surface area contributed by atoms with Crippen LogP contribution in [0.25, 0.3) is 0 Å². The van der Waals surface area contributed by atoms with Gasteiger partial charge < -0.3 is 15.1 Å². The number of piperidine rings is 1. The van der Waals surface area contributed by atoms with Crippen LogP contribution < -0.4 is 5.32 Å². The van der Waals surface area contributed by atoms with E-state index in [9.17, 15) is 9.59 Å². The van der Waals surface area contributed by atoms with Gasteiger partial charge in [-0.05, 0) is 38.8 Å². The molecule has 24 heavy (non-hydrogen) atoms. The van der Waals surface area contributed by atoms with Gasteiger partial charge in [0.15, 0.2) is 0 Å². The Morgan fingerprint density at radius 2 is 1.83 bits per heavy atom. The third kappa shape index (κ3) is 3.71. The van der Waals surface area contributed by atoms with Crippen molar-refractivity contribution in [3.8, 4) is 0 Å². The first kappa shape index (κ1) is 16.8. The first-order valence-electron chi connectivity index (χ1n) is 8.94. The minimum Gasteiger partial charge on any atom is -0.382 e. The van der Waals surface area contributed by atoms with Crippen LogP contribution in [0, 0.1) is 5.92 Å². The molecule has 0 saturated carbocycles. The molecule has 0 unspecified atom stereocenters. The summed E-state index contributed by atoms with van der Waals surface area (Å²) in [6.07, 6.45) is 2.28. The van der Waals surface area contributed by atoms with E-state index in [0.717, 1.165) is 31.6 Å². The number of carbonyl (C=O) groups is 2. The molecule has 0 radical (unpaired) electrons. The summed E-state index contributed by atoms with van der Waals surface area (Å²) >= 11 is 0. The topological polar surface area (TPSA) is 52.7 Å². The molecule has 2 aliphatic rings. The zero-order valence-corrected chi connectivity index (χ0v) is 14.6. The molecule has 0 bridgehead atoms. The van der Waals surface area contributed by atoms with Gasteiger partial charge in [-0.2, -0.15) is 0 Å². The van der Waals surface area contributed by atoms with Crippen molar-refractivity contribution in [1.29, 1.82) is 0 Å². The van der Waals surface area contributed by atoms with E-state index >= 15 is 0 Å². The van der Waals surface area contributed by atoms with Gasteiger partial charge in [-0.25, -0.2) is 0 Å². The summed E-state index contributed by atoms with van der Waals surface area (Å²) < 4.78 is 0. The monoisotopic (exact) mass is 329 g/mol. The summed E-state index contributed by atoms with van der Waals surface area (Å²) in [6, 6.07) is 10.8. The third-order valence-corrected chi connectivity index (χ3v) is 5.08. The largest absolute Gasteiger partial charge is 0.382 e. The predicted octanol–water partition coefficient (Wildman–Crippen LogP) is 2.35. The number of nitrogens with one attached hydrogen (secondary N) is 1. The van der Waals surface area contributed by atoms with Crippen LogP contribution in [0.15, 0.2) is 30.3 Å². The molecule has 3 rings (SSSR count). The molecule has 0 spiro atoms. The Balaban J connectivity index is 1.50. The smallest absolute Gasteiger partial charge is 0.227 e. The lowest BCUT2D eigenvalue weighted by molar-refractivity contribution is -0.136. The van der Waals surface area contributed by atoms with Crippen molar-refractivity contribution in [2.75, 3.05) is 25.0 Å². The van der Waals surface area contributed by atoms with Gasteiger partial charge in [0.1, 0.15) is 0 Å². The molecular formula is C19H27N3O2. The number of anilines is 1. The Bertz CT molecular complexity index is 580. The molecule has 2 heterocycles. The Morgan fingerprint density at radius 3 is 2.42 bits per heavy atom. The van der Waals surface area contributed by atoms with Crippen molar-refractivity contribution in [2.24, 2.45) is 5.92 Å². The lowest BCUT2D eigenvalue weighted by Crippen LogP contribution is -2.45. The lowest BCUT2D eigenvalue weighted by atomic mass is 10.0. The average molecular weight is 329 g/mol. The molecule has 0 aliphatic carbocycles. The molecule has 1 aromatic carbocycles. The van der Waals surface area contributed by atoms with E-state index in [4.69, 9.17) is 0 Å². The van der Waals surface area contributed by atoms with Crippen molar-refractivity contribution < 1.29 is 9.59 Å². The minimum atomic E-state index is -0.154. The molecular weight excluding hydrogens is 302 g/mol. The van der Waals surface area contributed by atoms with Gasteiger partial charge in [-0.15, -0.1) is 0 Å².